The Morgan fingerprint density at radius 3 is 2.63 bits per heavy atom. The van der Waals surface area contributed by atoms with Crippen molar-refractivity contribution in [3.63, 3.8) is 0 Å². The second-order valence-electron chi connectivity index (χ2n) is 4.27. The lowest BCUT2D eigenvalue weighted by atomic mass is 9.99. The van der Waals surface area contributed by atoms with Crippen LogP contribution in [0.25, 0.3) is 0 Å². The van der Waals surface area contributed by atoms with Gasteiger partial charge in [-0.2, -0.15) is 0 Å². The van der Waals surface area contributed by atoms with Gasteiger partial charge in [-0.3, -0.25) is 10.0 Å². The fourth-order valence-electron chi connectivity index (χ4n) is 1.73. The van der Waals surface area contributed by atoms with Gasteiger partial charge in [-0.05, 0) is 41.4 Å². The number of hydrogen-bond acceptors (Lipinski definition) is 4. The van der Waals surface area contributed by atoms with Crippen LogP contribution in [0.15, 0.2) is 28.7 Å². The topological polar surface area (TPSA) is 59.0 Å². The van der Waals surface area contributed by atoms with Gasteiger partial charge < -0.3 is 4.74 Å². The summed E-state index contributed by atoms with van der Waals surface area (Å²) in [6.45, 7) is 3.56. The molecule has 5 nitrogen and oxygen atoms in total. The highest BCUT2D eigenvalue weighted by Gasteiger charge is 2.39. The Morgan fingerprint density at radius 1 is 1.47 bits per heavy atom. The van der Waals surface area contributed by atoms with E-state index < -0.39 is 11.5 Å². The molecule has 0 aliphatic rings. The van der Waals surface area contributed by atoms with Crippen molar-refractivity contribution in [2.24, 2.45) is 0 Å². The number of ether oxygens (including phenoxy) is 1. The Labute approximate surface area is 121 Å². The normalized spacial score (nSPS) is 13.7. The van der Waals surface area contributed by atoms with Crippen molar-refractivity contribution in [1.82, 2.24) is 5.23 Å². The van der Waals surface area contributed by atoms with Gasteiger partial charge in [-0.25, -0.2) is 4.84 Å². The molecule has 1 amide bonds. The lowest BCUT2D eigenvalue weighted by Crippen LogP contribution is -2.49. The second kappa shape index (κ2) is 6.88. The minimum atomic E-state index is -1.19. The fourth-order valence-corrected chi connectivity index (χ4v) is 2.10. The first-order valence-electron chi connectivity index (χ1n) is 5.95. The summed E-state index contributed by atoms with van der Waals surface area (Å²) in [6.07, 6.45) is 1.18. The van der Waals surface area contributed by atoms with E-state index in [-0.39, 0.29) is 5.23 Å². The van der Waals surface area contributed by atoms with Crippen LogP contribution in [0.1, 0.15) is 26.7 Å². The molecular weight excluding hydrogens is 314 g/mol. The molecule has 0 heterocycles. The van der Waals surface area contributed by atoms with Crippen molar-refractivity contribution in [1.29, 1.82) is 0 Å². The van der Waals surface area contributed by atoms with E-state index in [0.717, 1.165) is 10.9 Å². The summed E-state index contributed by atoms with van der Waals surface area (Å²) >= 11 is 3.36. The molecule has 1 aromatic carbocycles. The lowest BCUT2D eigenvalue weighted by Gasteiger charge is -2.31. The van der Waals surface area contributed by atoms with Gasteiger partial charge in [0.25, 0.3) is 0 Å². The van der Waals surface area contributed by atoms with Gasteiger partial charge in [-0.1, -0.05) is 30.7 Å². The standard InChI is InChI=1S/C13H18BrNO4/c1-4-9-13(2,12(16)15(17)18-3)19-11-8-6-5-7-10(11)14/h5-8,17H,4,9H2,1-3H3. The van der Waals surface area contributed by atoms with Crippen LogP contribution in [0.2, 0.25) is 0 Å². The monoisotopic (exact) mass is 331 g/mol. The van der Waals surface area contributed by atoms with Crippen LogP contribution < -0.4 is 4.74 Å². The largest absolute Gasteiger partial charge is 0.476 e. The fraction of sp³-hybridized carbons (Fsp3) is 0.462. The van der Waals surface area contributed by atoms with Crippen LogP contribution in [0, 0.1) is 0 Å². The van der Waals surface area contributed by atoms with E-state index in [0.29, 0.717) is 12.2 Å². The summed E-state index contributed by atoms with van der Waals surface area (Å²) in [5, 5.41) is 9.61. The van der Waals surface area contributed by atoms with Crippen LogP contribution in [-0.2, 0) is 9.63 Å². The molecule has 19 heavy (non-hydrogen) atoms. The van der Waals surface area contributed by atoms with E-state index in [1.165, 1.54) is 7.11 Å². The molecule has 1 atom stereocenters. The third-order valence-electron chi connectivity index (χ3n) is 2.70. The summed E-state index contributed by atoms with van der Waals surface area (Å²) in [5.41, 5.74) is -1.19. The third kappa shape index (κ3) is 3.92. The van der Waals surface area contributed by atoms with Gasteiger partial charge in [-0.15, -0.1) is 0 Å². The van der Waals surface area contributed by atoms with E-state index in [1.54, 1.807) is 13.0 Å². The van der Waals surface area contributed by atoms with E-state index >= 15 is 0 Å². The van der Waals surface area contributed by atoms with Crippen molar-refractivity contribution in [3.8, 4) is 5.75 Å². The number of para-hydroxylation sites is 1. The summed E-state index contributed by atoms with van der Waals surface area (Å²) in [7, 11) is 1.21. The number of rotatable bonds is 6. The Bertz CT molecular complexity index is 440. The van der Waals surface area contributed by atoms with Crippen LogP contribution in [0.4, 0.5) is 0 Å². The van der Waals surface area contributed by atoms with E-state index in [9.17, 15) is 10.0 Å². The maximum atomic E-state index is 12.1. The first-order chi connectivity index (χ1) is 8.94. The lowest BCUT2D eigenvalue weighted by molar-refractivity contribution is -0.309. The van der Waals surface area contributed by atoms with E-state index in [2.05, 4.69) is 20.8 Å². The highest BCUT2D eigenvalue weighted by atomic mass is 79.9. The average molecular weight is 332 g/mol. The number of carbonyl (C=O) groups excluding carboxylic acids is 1. The number of carbonyl (C=O) groups is 1. The summed E-state index contributed by atoms with van der Waals surface area (Å²) < 4.78 is 6.52. The Morgan fingerprint density at radius 2 is 2.11 bits per heavy atom. The molecule has 0 aliphatic heterocycles. The zero-order valence-corrected chi connectivity index (χ0v) is 12.8. The van der Waals surface area contributed by atoms with Gasteiger partial charge >= 0.3 is 5.91 Å². The molecule has 0 saturated carbocycles. The Balaban J connectivity index is 3.00. The quantitative estimate of drug-likeness (QED) is 0.642. The van der Waals surface area contributed by atoms with E-state index in [1.807, 2.05) is 25.1 Å². The second-order valence-corrected chi connectivity index (χ2v) is 5.13. The smallest absolute Gasteiger partial charge is 0.316 e. The van der Waals surface area contributed by atoms with Crippen molar-refractivity contribution in [2.75, 3.05) is 7.11 Å². The van der Waals surface area contributed by atoms with Gasteiger partial charge in [0.15, 0.2) is 5.60 Å². The van der Waals surface area contributed by atoms with Crippen LogP contribution >= 0.6 is 15.9 Å². The number of halogens is 1. The molecule has 1 unspecified atom stereocenters. The van der Waals surface area contributed by atoms with Crippen LogP contribution in [0.5, 0.6) is 5.75 Å². The van der Waals surface area contributed by atoms with Crippen molar-refractivity contribution >= 4 is 21.8 Å². The molecule has 106 valence electrons. The zero-order valence-electron chi connectivity index (χ0n) is 11.2. The van der Waals surface area contributed by atoms with Gasteiger partial charge in [0, 0.05) is 0 Å². The number of nitrogens with zero attached hydrogens (tertiary/aromatic N) is 1. The van der Waals surface area contributed by atoms with Crippen molar-refractivity contribution < 1.29 is 19.6 Å². The minimum absolute atomic E-state index is 0.201. The third-order valence-corrected chi connectivity index (χ3v) is 3.35. The average Bonchev–Trinajstić information content (AvgIpc) is 2.40. The number of amides is 1. The molecule has 1 rings (SSSR count). The number of benzene rings is 1. The van der Waals surface area contributed by atoms with Crippen molar-refractivity contribution in [3.05, 3.63) is 28.7 Å². The van der Waals surface area contributed by atoms with Gasteiger partial charge in [0.1, 0.15) is 5.75 Å². The first-order valence-corrected chi connectivity index (χ1v) is 6.75. The molecule has 0 aromatic heterocycles. The predicted molar refractivity (Wildman–Crippen MR) is 73.7 cm³/mol. The predicted octanol–water partition coefficient (Wildman–Crippen LogP) is 3.17. The molecule has 0 spiro atoms. The van der Waals surface area contributed by atoms with Gasteiger partial charge in [0.2, 0.25) is 0 Å². The molecule has 6 heteroatoms. The Hall–Kier alpha value is -1.11. The number of hydrogen-bond donors (Lipinski definition) is 1. The Kier molecular flexibility index (Phi) is 5.78. The molecule has 1 aromatic rings. The maximum absolute atomic E-state index is 12.1. The first kappa shape index (κ1) is 15.9. The molecule has 0 radical (unpaired) electrons. The zero-order chi connectivity index (χ0) is 14.5. The molecule has 0 saturated heterocycles. The van der Waals surface area contributed by atoms with Gasteiger partial charge in [0.05, 0.1) is 11.6 Å². The highest BCUT2D eigenvalue weighted by molar-refractivity contribution is 9.10. The highest BCUT2D eigenvalue weighted by Crippen LogP contribution is 2.30. The van der Waals surface area contributed by atoms with E-state index in [4.69, 9.17) is 4.74 Å². The minimum Gasteiger partial charge on any atom is -0.476 e. The summed E-state index contributed by atoms with van der Waals surface area (Å²) in [5.74, 6) is -0.107. The van der Waals surface area contributed by atoms with Crippen LogP contribution in [-0.4, -0.2) is 29.1 Å². The molecule has 1 N–H and O–H groups in total. The molecule has 0 fully saturated rings. The van der Waals surface area contributed by atoms with Crippen LogP contribution in [0.3, 0.4) is 0 Å². The molecular formula is C13H18BrNO4. The van der Waals surface area contributed by atoms with Crippen molar-refractivity contribution in [2.45, 2.75) is 32.3 Å². The summed E-state index contributed by atoms with van der Waals surface area (Å²) in [6, 6.07) is 7.23. The number of hydroxylamine groups is 2. The molecule has 0 bridgehead atoms. The SMILES string of the molecule is CCCC(C)(Oc1ccccc1Br)C(=O)N(O)OC. The molecule has 0 aliphatic carbocycles. The maximum Gasteiger partial charge on any atom is 0.316 e. The summed E-state index contributed by atoms with van der Waals surface area (Å²) in [4.78, 5) is 16.6.